The minimum atomic E-state index is -0.522. The zero-order valence-electron chi connectivity index (χ0n) is 12.3. The molecular formula is C17H15ClF2N2O. The Balaban J connectivity index is 1.66. The van der Waals surface area contributed by atoms with Gasteiger partial charge in [-0.1, -0.05) is 11.6 Å². The molecule has 1 fully saturated rings. The molecule has 120 valence electrons. The molecule has 0 radical (unpaired) electrons. The van der Waals surface area contributed by atoms with Gasteiger partial charge in [0.2, 0.25) is 0 Å². The summed E-state index contributed by atoms with van der Waals surface area (Å²) in [6, 6.07) is 6.92. The van der Waals surface area contributed by atoms with E-state index in [1.807, 2.05) is 0 Å². The normalized spacial score (nSPS) is 15.7. The van der Waals surface area contributed by atoms with E-state index in [1.54, 1.807) is 11.0 Å². The van der Waals surface area contributed by atoms with E-state index in [0.717, 1.165) is 18.5 Å². The smallest absolute Gasteiger partial charge is 0.254 e. The van der Waals surface area contributed by atoms with E-state index in [1.165, 1.54) is 30.5 Å². The van der Waals surface area contributed by atoms with Crippen molar-refractivity contribution in [3.8, 4) is 0 Å². The Kier molecular flexibility index (Phi) is 4.57. The van der Waals surface area contributed by atoms with Crippen molar-refractivity contribution < 1.29 is 13.6 Å². The lowest BCUT2D eigenvalue weighted by Crippen LogP contribution is -2.38. The summed E-state index contributed by atoms with van der Waals surface area (Å²) < 4.78 is 26.3. The van der Waals surface area contributed by atoms with Gasteiger partial charge >= 0.3 is 0 Å². The van der Waals surface area contributed by atoms with Crippen molar-refractivity contribution >= 4 is 17.5 Å². The van der Waals surface area contributed by atoms with E-state index in [2.05, 4.69) is 4.98 Å². The van der Waals surface area contributed by atoms with Crippen molar-refractivity contribution in [2.75, 3.05) is 13.1 Å². The van der Waals surface area contributed by atoms with Gasteiger partial charge in [0.05, 0.1) is 6.20 Å². The van der Waals surface area contributed by atoms with Crippen LogP contribution in [0, 0.1) is 11.6 Å². The third-order valence-corrected chi connectivity index (χ3v) is 4.28. The fourth-order valence-corrected chi connectivity index (χ4v) is 3.09. The number of hydrogen-bond acceptors (Lipinski definition) is 2. The number of halogens is 3. The maximum atomic E-state index is 13.4. The Bertz CT molecular complexity index is 693. The monoisotopic (exact) mass is 336 g/mol. The van der Waals surface area contributed by atoms with E-state index < -0.39 is 5.82 Å². The lowest BCUT2D eigenvalue weighted by atomic mass is 9.92. The molecule has 0 unspecified atom stereocenters. The highest BCUT2D eigenvalue weighted by Gasteiger charge is 2.25. The van der Waals surface area contributed by atoms with Crippen LogP contribution in [0.15, 0.2) is 36.5 Å². The quantitative estimate of drug-likeness (QED) is 0.829. The van der Waals surface area contributed by atoms with E-state index in [9.17, 15) is 13.6 Å². The summed E-state index contributed by atoms with van der Waals surface area (Å²) in [4.78, 5) is 18.2. The molecule has 1 saturated heterocycles. The molecule has 1 aromatic heterocycles. The molecule has 2 heterocycles. The molecule has 0 N–H and O–H groups in total. The van der Waals surface area contributed by atoms with Crippen molar-refractivity contribution in [3.63, 3.8) is 0 Å². The molecule has 3 nitrogen and oxygen atoms in total. The second-order valence-corrected chi connectivity index (χ2v) is 6.06. The number of carbonyl (C=O) groups is 1. The van der Waals surface area contributed by atoms with Crippen LogP contribution in [0.2, 0.25) is 5.02 Å². The van der Waals surface area contributed by atoms with E-state index in [4.69, 9.17) is 11.6 Å². The highest BCUT2D eigenvalue weighted by Crippen LogP contribution is 2.27. The van der Waals surface area contributed by atoms with Crippen molar-refractivity contribution in [3.05, 3.63) is 64.4 Å². The van der Waals surface area contributed by atoms with Crippen LogP contribution in [0.5, 0.6) is 0 Å². The number of aromatic nitrogens is 1. The number of likely N-dealkylation sites (tertiary alicyclic amines) is 1. The average Bonchev–Trinajstić information content (AvgIpc) is 2.54. The summed E-state index contributed by atoms with van der Waals surface area (Å²) in [5.41, 5.74) is 1.10. The first-order chi connectivity index (χ1) is 11.0. The van der Waals surface area contributed by atoms with Crippen LogP contribution in [-0.2, 0) is 0 Å². The number of benzene rings is 1. The topological polar surface area (TPSA) is 33.2 Å². The van der Waals surface area contributed by atoms with E-state index in [0.29, 0.717) is 13.1 Å². The first-order valence-electron chi connectivity index (χ1n) is 7.40. The number of piperidine rings is 1. The molecule has 3 rings (SSSR count). The van der Waals surface area contributed by atoms with Gasteiger partial charge in [-0.15, -0.1) is 0 Å². The van der Waals surface area contributed by atoms with Gasteiger partial charge in [-0.2, -0.15) is 0 Å². The molecule has 0 aliphatic carbocycles. The highest BCUT2D eigenvalue weighted by molar-refractivity contribution is 6.31. The van der Waals surface area contributed by atoms with Gasteiger partial charge in [0.15, 0.2) is 0 Å². The minimum absolute atomic E-state index is 0.204. The van der Waals surface area contributed by atoms with Gasteiger partial charge in [-0.3, -0.25) is 9.78 Å². The number of carbonyl (C=O) groups excluding carboxylic acids is 1. The maximum Gasteiger partial charge on any atom is 0.254 e. The molecule has 0 saturated carbocycles. The zero-order valence-corrected chi connectivity index (χ0v) is 13.1. The van der Waals surface area contributed by atoms with Crippen LogP contribution >= 0.6 is 11.6 Å². The lowest BCUT2D eigenvalue weighted by molar-refractivity contribution is 0.0711. The van der Waals surface area contributed by atoms with E-state index in [-0.39, 0.29) is 28.2 Å². The predicted molar refractivity (Wildman–Crippen MR) is 83.5 cm³/mol. The summed E-state index contributed by atoms with van der Waals surface area (Å²) in [5.74, 6) is -0.900. The van der Waals surface area contributed by atoms with Crippen LogP contribution in [0.4, 0.5) is 8.78 Å². The summed E-state index contributed by atoms with van der Waals surface area (Å²) in [6.07, 6.45) is 2.70. The summed E-state index contributed by atoms with van der Waals surface area (Å²) >= 11 is 5.80. The number of pyridine rings is 1. The third-order valence-electron chi connectivity index (χ3n) is 4.06. The highest BCUT2D eigenvalue weighted by atomic mass is 35.5. The first-order valence-corrected chi connectivity index (χ1v) is 7.77. The molecular weight excluding hydrogens is 322 g/mol. The summed E-state index contributed by atoms with van der Waals surface area (Å²) in [7, 11) is 0. The average molecular weight is 337 g/mol. The predicted octanol–water partition coefficient (Wildman–Crippen LogP) is 4.03. The SMILES string of the molecule is O=C(c1cc(F)cc(Cl)c1)N1CCC(c2ccc(F)cn2)CC1. The van der Waals surface area contributed by atoms with Gasteiger partial charge in [-0.05, 0) is 43.2 Å². The molecule has 0 spiro atoms. The molecule has 6 heteroatoms. The Labute approximate surface area is 137 Å². The number of rotatable bonds is 2. The summed E-state index contributed by atoms with van der Waals surface area (Å²) in [5, 5.41) is 0.207. The Morgan fingerprint density at radius 3 is 2.48 bits per heavy atom. The zero-order chi connectivity index (χ0) is 16.4. The molecule has 0 atom stereocenters. The van der Waals surface area contributed by atoms with Crippen LogP contribution in [0.25, 0.3) is 0 Å². The third kappa shape index (κ3) is 3.67. The lowest BCUT2D eigenvalue weighted by Gasteiger charge is -2.31. The molecule has 1 amide bonds. The molecule has 1 aliphatic rings. The van der Waals surface area contributed by atoms with Crippen LogP contribution in [0.1, 0.15) is 34.8 Å². The molecule has 0 bridgehead atoms. The second-order valence-electron chi connectivity index (χ2n) is 5.63. The number of nitrogens with zero attached hydrogens (tertiary/aromatic N) is 2. The van der Waals surface area contributed by atoms with Gasteiger partial charge in [0, 0.05) is 35.3 Å². The Hall–Kier alpha value is -2.01. The molecule has 23 heavy (non-hydrogen) atoms. The van der Waals surface area contributed by atoms with Gasteiger partial charge in [-0.25, -0.2) is 8.78 Å². The Morgan fingerprint density at radius 2 is 1.87 bits per heavy atom. The molecule has 1 aliphatic heterocycles. The van der Waals surface area contributed by atoms with Gasteiger partial charge < -0.3 is 4.90 Å². The van der Waals surface area contributed by atoms with Crippen LogP contribution < -0.4 is 0 Å². The minimum Gasteiger partial charge on any atom is -0.339 e. The van der Waals surface area contributed by atoms with Gasteiger partial charge in [0.1, 0.15) is 11.6 Å². The van der Waals surface area contributed by atoms with Crippen LogP contribution in [-0.4, -0.2) is 28.9 Å². The first kappa shape index (κ1) is 15.9. The molecule has 1 aromatic carbocycles. The van der Waals surface area contributed by atoms with E-state index >= 15 is 0 Å². The standard InChI is InChI=1S/C17H15ClF2N2O/c18-13-7-12(8-15(20)9-13)17(23)22-5-3-11(4-6-22)16-2-1-14(19)10-21-16/h1-2,7-11H,3-6H2. The number of amides is 1. The fourth-order valence-electron chi connectivity index (χ4n) is 2.87. The van der Waals surface area contributed by atoms with Crippen molar-refractivity contribution in [1.82, 2.24) is 9.88 Å². The van der Waals surface area contributed by atoms with Crippen molar-refractivity contribution in [2.45, 2.75) is 18.8 Å². The largest absolute Gasteiger partial charge is 0.339 e. The van der Waals surface area contributed by atoms with Crippen molar-refractivity contribution in [1.29, 1.82) is 0 Å². The molecule has 2 aromatic rings. The second kappa shape index (κ2) is 6.62. The van der Waals surface area contributed by atoms with Gasteiger partial charge in [0.25, 0.3) is 5.91 Å². The maximum absolute atomic E-state index is 13.4. The summed E-state index contributed by atoms with van der Waals surface area (Å²) in [6.45, 7) is 1.10. The van der Waals surface area contributed by atoms with Crippen LogP contribution in [0.3, 0.4) is 0 Å². The number of hydrogen-bond donors (Lipinski definition) is 0. The fraction of sp³-hybridized carbons (Fsp3) is 0.294. The Morgan fingerprint density at radius 1 is 1.13 bits per heavy atom. The van der Waals surface area contributed by atoms with Crippen molar-refractivity contribution in [2.24, 2.45) is 0 Å².